The zero-order valence-corrected chi connectivity index (χ0v) is 10.3. The van der Waals surface area contributed by atoms with Gasteiger partial charge < -0.3 is 15.2 Å². The summed E-state index contributed by atoms with van der Waals surface area (Å²) < 4.78 is 2.04. The number of rotatable bonds is 5. The predicted octanol–water partition coefficient (Wildman–Crippen LogP) is 0.450. The molecule has 1 aromatic heterocycles. The summed E-state index contributed by atoms with van der Waals surface area (Å²) in [5, 5.41) is 6.27. The monoisotopic (exact) mass is 236 g/mol. The Balaban J connectivity index is 1.64. The molecule has 1 atom stereocenters. The molecule has 2 rings (SSSR count). The van der Waals surface area contributed by atoms with E-state index in [0.29, 0.717) is 19.0 Å². The molecule has 1 aliphatic rings. The van der Waals surface area contributed by atoms with Crippen LogP contribution in [0.15, 0.2) is 12.4 Å². The van der Waals surface area contributed by atoms with E-state index in [1.54, 1.807) is 6.20 Å². The Kier molecular flexibility index (Phi) is 4.14. The summed E-state index contributed by atoms with van der Waals surface area (Å²) in [6, 6.07) is 0.380. The van der Waals surface area contributed by atoms with E-state index in [2.05, 4.69) is 15.6 Å². The molecule has 0 saturated carbocycles. The van der Waals surface area contributed by atoms with Crippen LogP contribution in [-0.2, 0) is 11.3 Å². The van der Waals surface area contributed by atoms with Crippen molar-refractivity contribution in [2.45, 2.75) is 38.8 Å². The highest BCUT2D eigenvalue weighted by atomic mass is 16.1. The number of carbonyl (C=O) groups excluding carboxylic acids is 1. The fraction of sp³-hybridized carbons (Fsp3) is 0.667. The summed E-state index contributed by atoms with van der Waals surface area (Å²) >= 11 is 0. The molecule has 1 aromatic rings. The number of hydrogen-bond acceptors (Lipinski definition) is 3. The van der Waals surface area contributed by atoms with Crippen LogP contribution in [0, 0.1) is 6.92 Å². The minimum absolute atomic E-state index is 0.141. The summed E-state index contributed by atoms with van der Waals surface area (Å²) in [5.74, 6) is 1.12. The lowest BCUT2D eigenvalue weighted by Crippen LogP contribution is -2.33. The highest BCUT2D eigenvalue weighted by Gasteiger charge is 2.17. The van der Waals surface area contributed by atoms with Gasteiger partial charge >= 0.3 is 0 Å². The molecule has 0 aromatic carbocycles. The average Bonchev–Trinajstić information content (AvgIpc) is 2.91. The van der Waals surface area contributed by atoms with Crippen molar-refractivity contribution in [2.24, 2.45) is 0 Å². The first-order valence-corrected chi connectivity index (χ1v) is 6.23. The SMILES string of the molecule is Cc1nccn1CCNC(=O)CC1CCCN1. The lowest BCUT2D eigenvalue weighted by atomic mass is 10.1. The van der Waals surface area contributed by atoms with Crippen molar-refractivity contribution in [3.05, 3.63) is 18.2 Å². The van der Waals surface area contributed by atoms with E-state index in [4.69, 9.17) is 0 Å². The van der Waals surface area contributed by atoms with Gasteiger partial charge in [-0.25, -0.2) is 4.98 Å². The largest absolute Gasteiger partial charge is 0.354 e. The van der Waals surface area contributed by atoms with Crippen molar-refractivity contribution in [1.29, 1.82) is 0 Å². The summed E-state index contributed by atoms with van der Waals surface area (Å²) in [5.41, 5.74) is 0. The lowest BCUT2D eigenvalue weighted by molar-refractivity contribution is -0.121. The molecule has 0 bridgehead atoms. The number of nitrogens with zero attached hydrogens (tertiary/aromatic N) is 2. The molecule has 1 fully saturated rings. The number of nitrogens with one attached hydrogen (secondary N) is 2. The van der Waals surface area contributed by atoms with Crippen molar-refractivity contribution >= 4 is 5.91 Å². The molecular weight excluding hydrogens is 216 g/mol. The van der Waals surface area contributed by atoms with Crippen molar-refractivity contribution in [3.8, 4) is 0 Å². The van der Waals surface area contributed by atoms with E-state index in [-0.39, 0.29) is 5.91 Å². The average molecular weight is 236 g/mol. The molecule has 17 heavy (non-hydrogen) atoms. The molecule has 94 valence electrons. The summed E-state index contributed by atoms with van der Waals surface area (Å²) in [6.45, 7) is 4.47. The van der Waals surface area contributed by atoms with Crippen molar-refractivity contribution in [3.63, 3.8) is 0 Å². The maximum absolute atomic E-state index is 11.6. The summed E-state index contributed by atoms with van der Waals surface area (Å²) in [4.78, 5) is 15.8. The van der Waals surface area contributed by atoms with Gasteiger partial charge in [-0.05, 0) is 26.3 Å². The van der Waals surface area contributed by atoms with Gasteiger partial charge in [-0.15, -0.1) is 0 Å². The van der Waals surface area contributed by atoms with Gasteiger partial charge in [0.2, 0.25) is 5.91 Å². The fourth-order valence-electron chi connectivity index (χ4n) is 2.18. The molecule has 1 unspecified atom stereocenters. The van der Waals surface area contributed by atoms with E-state index in [1.165, 1.54) is 6.42 Å². The first-order valence-electron chi connectivity index (χ1n) is 6.23. The van der Waals surface area contributed by atoms with Gasteiger partial charge in [-0.1, -0.05) is 0 Å². The molecule has 0 radical (unpaired) electrons. The second-order valence-electron chi connectivity index (χ2n) is 4.52. The number of hydrogen-bond donors (Lipinski definition) is 2. The van der Waals surface area contributed by atoms with Gasteiger partial charge in [-0.3, -0.25) is 4.79 Å². The number of imidazole rings is 1. The Morgan fingerprint density at radius 3 is 3.24 bits per heavy atom. The number of aromatic nitrogens is 2. The van der Waals surface area contributed by atoms with Gasteiger partial charge in [0.1, 0.15) is 5.82 Å². The Morgan fingerprint density at radius 1 is 1.71 bits per heavy atom. The molecule has 2 N–H and O–H groups in total. The van der Waals surface area contributed by atoms with Crippen LogP contribution in [-0.4, -0.2) is 34.6 Å². The molecule has 5 nitrogen and oxygen atoms in total. The van der Waals surface area contributed by atoms with E-state index in [0.717, 1.165) is 25.3 Å². The molecule has 0 spiro atoms. The normalized spacial score (nSPS) is 19.5. The third kappa shape index (κ3) is 3.56. The number of amides is 1. The summed E-state index contributed by atoms with van der Waals surface area (Å²) in [6.07, 6.45) is 6.61. The highest BCUT2D eigenvalue weighted by Crippen LogP contribution is 2.07. The fourth-order valence-corrected chi connectivity index (χ4v) is 2.18. The topological polar surface area (TPSA) is 59.0 Å². The Hall–Kier alpha value is -1.36. The molecular formula is C12H20N4O. The molecule has 1 amide bonds. The van der Waals surface area contributed by atoms with Crippen LogP contribution < -0.4 is 10.6 Å². The second kappa shape index (κ2) is 5.82. The van der Waals surface area contributed by atoms with Crippen molar-refractivity contribution in [1.82, 2.24) is 20.2 Å². The van der Waals surface area contributed by atoms with Crippen molar-refractivity contribution < 1.29 is 4.79 Å². The Bertz CT molecular complexity index is 368. The number of aryl methyl sites for hydroxylation is 1. The van der Waals surface area contributed by atoms with E-state index < -0.39 is 0 Å². The van der Waals surface area contributed by atoms with Gasteiger partial charge in [-0.2, -0.15) is 0 Å². The predicted molar refractivity (Wildman–Crippen MR) is 65.6 cm³/mol. The van der Waals surface area contributed by atoms with Crippen LogP contribution in [0.3, 0.4) is 0 Å². The minimum Gasteiger partial charge on any atom is -0.354 e. The Morgan fingerprint density at radius 2 is 2.59 bits per heavy atom. The van der Waals surface area contributed by atoms with Gasteiger partial charge in [0.05, 0.1) is 0 Å². The van der Waals surface area contributed by atoms with Gasteiger partial charge in [0.25, 0.3) is 0 Å². The van der Waals surface area contributed by atoms with Crippen LogP contribution in [0.4, 0.5) is 0 Å². The van der Waals surface area contributed by atoms with Crippen LogP contribution in [0.5, 0.6) is 0 Å². The molecule has 1 aliphatic heterocycles. The third-order valence-corrected chi connectivity index (χ3v) is 3.19. The zero-order valence-electron chi connectivity index (χ0n) is 10.3. The molecule has 1 saturated heterocycles. The molecule has 5 heteroatoms. The van der Waals surface area contributed by atoms with Crippen LogP contribution in [0.1, 0.15) is 25.1 Å². The van der Waals surface area contributed by atoms with E-state index in [1.807, 2.05) is 17.7 Å². The van der Waals surface area contributed by atoms with Crippen LogP contribution >= 0.6 is 0 Å². The smallest absolute Gasteiger partial charge is 0.221 e. The standard InChI is InChI=1S/C12H20N4O/c1-10-13-5-7-16(10)8-6-15-12(17)9-11-3-2-4-14-11/h5,7,11,14H,2-4,6,8-9H2,1H3,(H,15,17). The van der Waals surface area contributed by atoms with Crippen molar-refractivity contribution in [2.75, 3.05) is 13.1 Å². The quantitative estimate of drug-likeness (QED) is 0.780. The first kappa shape index (κ1) is 12.1. The van der Waals surface area contributed by atoms with Crippen LogP contribution in [0.2, 0.25) is 0 Å². The third-order valence-electron chi connectivity index (χ3n) is 3.19. The Labute approximate surface area is 102 Å². The first-order chi connectivity index (χ1) is 8.25. The highest BCUT2D eigenvalue weighted by molar-refractivity contribution is 5.76. The number of carbonyl (C=O) groups is 1. The van der Waals surface area contributed by atoms with E-state index >= 15 is 0 Å². The summed E-state index contributed by atoms with van der Waals surface area (Å²) in [7, 11) is 0. The van der Waals surface area contributed by atoms with Gasteiger partial charge in [0.15, 0.2) is 0 Å². The zero-order chi connectivity index (χ0) is 12.1. The maximum Gasteiger partial charge on any atom is 0.221 e. The minimum atomic E-state index is 0.141. The second-order valence-corrected chi connectivity index (χ2v) is 4.52. The maximum atomic E-state index is 11.6. The van der Waals surface area contributed by atoms with Gasteiger partial charge in [0, 0.05) is 37.9 Å². The van der Waals surface area contributed by atoms with E-state index in [9.17, 15) is 4.79 Å². The molecule has 0 aliphatic carbocycles. The van der Waals surface area contributed by atoms with Crippen LogP contribution in [0.25, 0.3) is 0 Å². The lowest BCUT2D eigenvalue weighted by Gasteiger charge is -2.11. The molecule has 2 heterocycles.